The first-order valence-electron chi connectivity index (χ1n) is 8.66. The largest absolute Gasteiger partial charge is 0.469 e. The lowest BCUT2D eigenvalue weighted by Gasteiger charge is -2.28. The fourth-order valence-corrected chi connectivity index (χ4v) is 2.77. The standard InChI is InChI=1S/C19H24N2O4/c22-19(20-25-12-2-4-18-3-1-11-24-18)15-16-5-7-17(8-6-16)21-9-13-23-14-10-21/h1,3,5-8,11H,2,4,9-10,12-15H2,(H,20,22). The lowest BCUT2D eigenvalue weighted by molar-refractivity contribution is -0.132. The van der Waals surface area contributed by atoms with Gasteiger partial charge >= 0.3 is 0 Å². The summed E-state index contributed by atoms with van der Waals surface area (Å²) in [6, 6.07) is 11.9. The number of ether oxygens (including phenoxy) is 1. The smallest absolute Gasteiger partial charge is 0.247 e. The van der Waals surface area contributed by atoms with Crippen LogP contribution in [0.3, 0.4) is 0 Å². The van der Waals surface area contributed by atoms with Crippen molar-refractivity contribution in [2.24, 2.45) is 0 Å². The summed E-state index contributed by atoms with van der Waals surface area (Å²) >= 11 is 0. The van der Waals surface area contributed by atoms with Gasteiger partial charge in [0.25, 0.3) is 0 Å². The Bertz CT molecular complexity index is 634. The van der Waals surface area contributed by atoms with Gasteiger partial charge in [0.15, 0.2) is 0 Å². The molecule has 3 rings (SSSR count). The van der Waals surface area contributed by atoms with E-state index in [0.29, 0.717) is 13.0 Å². The summed E-state index contributed by atoms with van der Waals surface area (Å²) in [5.74, 6) is 0.785. The molecule has 1 aliphatic heterocycles. The van der Waals surface area contributed by atoms with Gasteiger partial charge in [-0.15, -0.1) is 0 Å². The van der Waals surface area contributed by atoms with Crippen LogP contribution >= 0.6 is 0 Å². The topological polar surface area (TPSA) is 63.9 Å². The number of anilines is 1. The molecule has 0 saturated carbocycles. The fraction of sp³-hybridized carbons (Fsp3) is 0.421. The van der Waals surface area contributed by atoms with E-state index in [0.717, 1.165) is 50.5 Å². The number of carbonyl (C=O) groups is 1. The summed E-state index contributed by atoms with van der Waals surface area (Å²) in [6.07, 6.45) is 3.55. The van der Waals surface area contributed by atoms with Crippen LogP contribution in [0.2, 0.25) is 0 Å². The van der Waals surface area contributed by atoms with Gasteiger partial charge < -0.3 is 14.1 Å². The predicted molar refractivity (Wildman–Crippen MR) is 94.3 cm³/mol. The van der Waals surface area contributed by atoms with E-state index in [1.54, 1.807) is 6.26 Å². The van der Waals surface area contributed by atoms with Crippen molar-refractivity contribution >= 4 is 11.6 Å². The minimum Gasteiger partial charge on any atom is -0.469 e. The molecule has 25 heavy (non-hydrogen) atoms. The van der Waals surface area contributed by atoms with Crippen molar-refractivity contribution in [3.05, 3.63) is 54.0 Å². The molecule has 1 aromatic heterocycles. The van der Waals surface area contributed by atoms with Gasteiger partial charge in [-0.05, 0) is 36.2 Å². The molecule has 134 valence electrons. The van der Waals surface area contributed by atoms with Gasteiger partial charge in [0.1, 0.15) is 5.76 Å². The van der Waals surface area contributed by atoms with Gasteiger partial charge in [0.05, 0.1) is 32.5 Å². The number of aryl methyl sites for hydroxylation is 1. The molecule has 2 aromatic rings. The highest BCUT2D eigenvalue weighted by atomic mass is 16.6. The number of hydrogen-bond donors (Lipinski definition) is 1. The van der Waals surface area contributed by atoms with Crippen molar-refractivity contribution in [1.29, 1.82) is 0 Å². The van der Waals surface area contributed by atoms with Gasteiger partial charge in [-0.25, -0.2) is 5.48 Å². The molecule has 1 fully saturated rings. The molecular formula is C19H24N2O4. The second-order valence-corrected chi connectivity index (χ2v) is 6.00. The van der Waals surface area contributed by atoms with E-state index in [1.807, 2.05) is 24.3 Å². The normalized spacial score (nSPS) is 14.5. The van der Waals surface area contributed by atoms with Crippen molar-refractivity contribution in [3.63, 3.8) is 0 Å². The highest BCUT2D eigenvalue weighted by Crippen LogP contribution is 2.16. The van der Waals surface area contributed by atoms with Crippen LogP contribution in [0, 0.1) is 0 Å². The van der Waals surface area contributed by atoms with Crippen molar-refractivity contribution < 1.29 is 18.8 Å². The lowest BCUT2D eigenvalue weighted by Crippen LogP contribution is -2.36. The van der Waals surface area contributed by atoms with Gasteiger partial charge in [-0.1, -0.05) is 12.1 Å². The molecule has 0 aliphatic carbocycles. The van der Waals surface area contributed by atoms with Crippen LogP contribution < -0.4 is 10.4 Å². The molecule has 0 unspecified atom stereocenters. The molecule has 2 heterocycles. The maximum atomic E-state index is 11.9. The third-order valence-corrected chi connectivity index (χ3v) is 4.11. The number of morpholine rings is 1. The Kier molecular flexibility index (Phi) is 6.48. The van der Waals surface area contributed by atoms with Crippen LogP contribution in [0.4, 0.5) is 5.69 Å². The zero-order valence-electron chi connectivity index (χ0n) is 14.3. The van der Waals surface area contributed by atoms with Gasteiger partial charge in [-0.2, -0.15) is 0 Å². The van der Waals surface area contributed by atoms with Gasteiger partial charge in [-0.3, -0.25) is 9.63 Å². The fourth-order valence-electron chi connectivity index (χ4n) is 2.77. The number of carbonyl (C=O) groups excluding carboxylic acids is 1. The summed E-state index contributed by atoms with van der Waals surface area (Å²) < 4.78 is 10.6. The maximum Gasteiger partial charge on any atom is 0.247 e. The van der Waals surface area contributed by atoms with E-state index >= 15 is 0 Å². The monoisotopic (exact) mass is 344 g/mol. The number of rotatable bonds is 8. The third kappa shape index (κ3) is 5.62. The zero-order valence-corrected chi connectivity index (χ0v) is 14.3. The second kappa shape index (κ2) is 9.25. The summed E-state index contributed by atoms with van der Waals surface area (Å²) in [7, 11) is 0. The van der Waals surface area contributed by atoms with Crippen LogP contribution in [-0.2, 0) is 27.2 Å². The Morgan fingerprint density at radius 1 is 1.16 bits per heavy atom. The molecule has 0 bridgehead atoms. The summed E-state index contributed by atoms with van der Waals surface area (Å²) in [5, 5.41) is 0. The Labute approximate surface area is 147 Å². The number of nitrogens with one attached hydrogen (secondary N) is 1. The molecule has 0 spiro atoms. The highest BCUT2D eigenvalue weighted by Gasteiger charge is 2.11. The average Bonchev–Trinajstić information content (AvgIpc) is 3.16. The van der Waals surface area contributed by atoms with Crippen LogP contribution in [0.1, 0.15) is 17.7 Å². The SMILES string of the molecule is O=C(Cc1ccc(N2CCOCC2)cc1)NOCCCc1ccco1. The van der Waals surface area contributed by atoms with E-state index in [4.69, 9.17) is 14.0 Å². The number of amides is 1. The summed E-state index contributed by atoms with van der Waals surface area (Å²) in [4.78, 5) is 19.4. The zero-order chi connectivity index (χ0) is 17.3. The van der Waals surface area contributed by atoms with E-state index in [1.165, 1.54) is 5.69 Å². The van der Waals surface area contributed by atoms with Crippen molar-refractivity contribution in [3.8, 4) is 0 Å². The molecule has 0 atom stereocenters. The number of hydroxylamine groups is 1. The number of benzene rings is 1. The quantitative estimate of drug-likeness (QED) is 0.588. The number of furan rings is 1. The van der Waals surface area contributed by atoms with Crippen LogP contribution in [0.5, 0.6) is 0 Å². The molecule has 1 amide bonds. The predicted octanol–water partition coefficient (Wildman–Crippen LogP) is 2.34. The summed E-state index contributed by atoms with van der Waals surface area (Å²) in [5.41, 5.74) is 4.63. The first kappa shape index (κ1) is 17.5. The minimum atomic E-state index is -0.142. The molecule has 0 radical (unpaired) electrons. The van der Waals surface area contributed by atoms with Crippen LogP contribution in [0.25, 0.3) is 0 Å². The Morgan fingerprint density at radius 3 is 2.68 bits per heavy atom. The first-order chi connectivity index (χ1) is 12.3. The average molecular weight is 344 g/mol. The van der Waals surface area contributed by atoms with E-state index in [2.05, 4.69) is 22.5 Å². The first-order valence-corrected chi connectivity index (χ1v) is 8.66. The third-order valence-electron chi connectivity index (χ3n) is 4.11. The maximum absolute atomic E-state index is 11.9. The molecule has 6 heteroatoms. The highest BCUT2D eigenvalue weighted by molar-refractivity contribution is 5.77. The Balaban J connectivity index is 1.34. The lowest BCUT2D eigenvalue weighted by atomic mass is 10.1. The van der Waals surface area contributed by atoms with E-state index in [-0.39, 0.29) is 5.91 Å². The van der Waals surface area contributed by atoms with Crippen LogP contribution in [0.15, 0.2) is 47.1 Å². The Morgan fingerprint density at radius 2 is 1.96 bits per heavy atom. The molecular weight excluding hydrogens is 320 g/mol. The number of nitrogens with zero attached hydrogens (tertiary/aromatic N) is 1. The molecule has 1 N–H and O–H groups in total. The molecule has 6 nitrogen and oxygen atoms in total. The van der Waals surface area contributed by atoms with Crippen molar-refractivity contribution in [1.82, 2.24) is 5.48 Å². The number of hydrogen-bond acceptors (Lipinski definition) is 5. The molecule has 1 saturated heterocycles. The van der Waals surface area contributed by atoms with Crippen molar-refractivity contribution in [2.75, 3.05) is 37.8 Å². The van der Waals surface area contributed by atoms with Gasteiger partial charge in [0.2, 0.25) is 5.91 Å². The minimum absolute atomic E-state index is 0.142. The Hall–Kier alpha value is -2.31. The molecule has 1 aliphatic rings. The van der Waals surface area contributed by atoms with Crippen LogP contribution in [-0.4, -0.2) is 38.8 Å². The van der Waals surface area contributed by atoms with E-state index in [9.17, 15) is 4.79 Å². The summed E-state index contributed by atoms with van der Waals surface area (Å²) in [6.45, 7) is 3.81. The second-order valence-electron chi connectivity index (χ2n) is 6.00. The van der Waals surface area contributed by atoms with Crippen molar-refractivity contribution in [2.45, 2.75) is 19.3 Å². The van der Waals surface area contributed by atoms with Gasteiger partial charge in [0, 0.05) is 25.2 Å². The van der Waals surface area contributed by atoms with E-state index < -0.39 is 0 Å². The molecule has 1 aromatic carbocycles.